The van der Waals surface area contributed by atoms with Crippen molar-refractivity contribution in [2.75, 3.05) is 5.32 Å². The summed E-state index contributed by atoms with van der Waals surface area (Å²) in [6.45, 7) is 0.173. The van der Waals surface area contributed by atoms with E-state index < -0.39 is 6.09 Å². The van der Waals surface area contributed by atoms with Gasteiger partial charge >= 0.3 is 6.09 Å². The summed E-state index contributed by atoms with van der Waals surface area (Å²) >= 11 is 0. The van der Waals surface area contributed by atoms with Gasteiger partial charge in [-0.25, -0.2) is 9.78 Å². The average Bonchev–Trinajstić information content (AvgIpc) is 2.78. The Balaban J connectivity index is 1.95. The average molecular weight is 256 g/mol. The van der Waals surface area contributed by atoms with Crippen molar-refractivity contribution in [1.82, 2.24) is 9.55 Å². The first-order chi connectivity index (χ1) is 9.20. The van der Waals surface area contributed by atoms with Gasteiger partial charge in [-0.05, 0) is 5.56 Å². The van der Waals surface area contributed by atoms with E-state index in [1.54, 1.807) is 11.6 Å². The summed E-state index contributed by atoms with van der Waals surface area (Å²) in [5, 5.41) is 11.3. The van der Waals surface area contributed by atoms with E-state index in [9.17, 15) is 4.79 Å². The number of benzene rings is 1. The van der Waals surface area contributed by atoms with Crippen LogP contribution in [0.1, 0.15) is 11.3 Å². The van der Waals surface area contributed by atoms with Crippen molar-refractivity contribution in [2.45, 2.75) is 6.61 Å². The molecule has 0 saturated carbocycles. The molecule has 2 aromatic rings. The Kier molecular flexibility index (Phi) is 3.78. The van der Waals surface area contributed by atoms with Crippen LogP contribution >= 0.6 is 0 Å². The van der Waals surface area contributed by atoms with Gasteiger partial charge in [0, 0.05) is 7.05 Å². The largest absolute Gasteiger partial charge is 0.444 e. The molecule has 1 aromatic heterocycles. The minimum Gasteiger partial charge on any atom is -0.444 e. The van der Waals surface area contributed by atoms with Crippen LogP contribution in [0.3, 0.4) is 0 Å². The number of nitrogens with one attached hydrogen (secondary N) is 1. The summed E-state index contributed by atoms with van der Waals surface area (Å²) in [4.78, 5) is 15.5. The van der Waals surface area contributed by atoms with Gasteiger partial charge in [0.25, 0.3) is 0 Å². The Labute approximate surface area is 110 Å². The first-order valence-electron chi connectivity index (χ1n) is 5.60. The molecule has 0 aliphatic rings. The van der Waals surface area contributed by atoms with Crippen molar-refractivity contribution in [2.24, 2.45) is 7.05 Å². The molecule has 96 valence electrons. The molecule has 1 N–H and O–H groups in total. The van der Waals surface area contributed by atoms with Crippen molar-refractivity contribution in [1.29, 1.82) is 5.26 Å². The summed E-state index contributed by atoms with van der Waals surface area (Å²) in [6, 6.07) is 11.2. The lowest BCUT2D eigenvalue weighted by Gasteiger charge is -2.07. The third kappa shape index (κ3) is 3.10. The number of rotatable bonds is 3. The van der Waals surface area contributed by atoms with Crippen LogP contribution < -0.4 is 5.32 Å². The monoisotopic (exact) mass is 256 g/mol. The minimum absolute atomic E-state index is 0.152. The number of aryl methyl sites for hydroxylation is 1. The van der Waals surface area contributed by atoms with Gasteiger partial charge in [-0.15, -0.1) is 0 Å². The second kappa shape index (κ2) is 5.69. The number of carbonyl (C=O) groups is 1. The fourth-order valence-corrected chi connectivity index (χ4v) is 1.52. The molecule has 0 unspecified atom stereocenters. The Hall–Kier alpha value is -2.81. The molecule has 6 heteroatoms. The molecule has 1 heterocycles. The van der Waals surface area contributed by atoms with E-state index in [1.807, 2.05) is 36.4 Å². The van der Waals surface area contributed by atoms with Crippen molar-refractivity contribution >= 4 is 11.9 Å². The maximum Gasteiger partial charge on any atom is 0.413 e. The molecule has 0 aliphatic heterocycles. The zero-order valence-corrected chi connectivity index (χ0v) is 10.3. The number of imidazole rings is 1. The lowest BCUT2D eigenvalue weighted by molar-refractivity contribution is 0.155. The van der Waals surface area contributed by atoms with Gasteiger partial charge in [0.05, 0.1) is 6.33 Å². The normalized spacial score (nSPS) is 9.68. The van der Waals surface area contributed by atoms with E-state index in [0.717, 1.165) is 5.56 Å². The van der Waals surface area contributed by atoms with Gasteiger partial charge in [0.2, 0.25) is 0 Å². The van der Waals surface area contributed by atoms with Gasteiger partial charge < -0.3 is 9.30 Å². The molecule has 1 amide bonds. The van der Waals surface area contributed by atoms with Crippen LogP contribution in [-0.4, -0.2) is 15.6 Å². The zero-order valence-electron chi connectivity index (χ0n) is 10.3. The van der Waals surface area contributed by atoms with Crippen LogP contribution in [0.15, 0.2) is 36.7 Å². The van der Waals surface area contributed by atoms with E-state index in [4.69, 9.17) is 10.00 Å². The van der Waals surface area contributed by atoms with Crippen molar-refractivity contribution in [3.8, 4) is 6.07 Å². The molecule has 6 nitrogen and oxygen atoms in total. The molecule has 0 radical (unpaired) electrons. The van der Waals surface area contributed by atoms with E-state index in [1.165, 1.54) is 6.33 Å². The number of hydrogen-bond acceptors (Lipinski definition) is 4. The summed E-state index contributed by atoms with van der Waals surface area (Å²) in [6.07, 6.45) is 0.828. The highest BCUT2D eigenvalue weighted by Crippen LogP contribution is 2.12. The number of anilines is 1. The van der Waals surface area contributed by atoms with Gasteiger partial charge in [-0.1, -0.05) is 30.3 Å². The summed E-state index contributed by atoms with van der Waals surface area (Å²) in [5.74, 6) is 0.320. The van der Waals surface area contributed by atoms with Crippen LogP contribution in [-0.2, 0) is 18.4 Å². The van der Waals surface area contributed by atoms with Crippen LogP contribution in [0.5, 0.6) is 0 Å². The maximum absolute atomic E-state index is 11.6. The molecule has 0 atom stereocenters. The smallest absolute Gasteiger partial charge is 0.413 e. The Bertz CT molecular complexity index is 613. The second-order valence-corrected chi connectivity index (χ2v) is 3.85. The number of carbonyl (C=O) groups excluding carboxylic acids is 1. The number of amides is 1. The van der Waals surface area contributed by atoms with E-state index >= 15 is 0 Å². The standard InChI is InChI=1S/C13H12N4O2/c1-17-9-15-11(7-14)12(17)16-13(18)19-8-10-5-3-2-4-6-10/h2-6,9H,8H2,1H3,(H,16,18). The fraction of sp³-hybridized carbons (Fsp3) is 0.154. The van der Waals surface area contributed by atoms with Gasteiger partial charge in [-0.3, -0.25) is 5.32 Å². The molecule has 0 spiro atoms. The van der Waals surface area contributed by atoms with Crippen molar-refractivity contribution in [3.05, 3.63) is 47.9 Å². The molecule has 0 aliphatic carbocycles. The molecule has 1 aromatic carbocycles. The molecule has 19 heavy (non-hydrogen) atoms. The van der Waals surface area contributed by atoms with Crippen LogP contribution in [0, 0.1) is 11.3 Å². The van der Waals surface area contributed by atoms with Crippen LogP contribution in [0.2, 0.25) is 0 Å². The lowest BCUT2D eigenvalue weighted by atomic mass is 10.2. The molecule has 0 saturated heterocycles. The van der Waals surface area contributed by atoms with Crippen LogP contribution in [0.4, 0.5) is 10.6 Å². The summed E-state index contributed by atoms with van der Waals surface area (Å²) in [7, 11) is 1.68. The van der Waals surface area contributed by atoms with E-state index in [-0.39, 0.29) is 12.3 Å². The predicted molar refractivity (Wildman–Crippen MR) is 68.2 cm³/mol. The number of aromatic nitrogens is 2. The Morgan fingerprint density at radius 1 is 1.47 bits per heavy atom. The highest BCUT2D eigenvalue weighted by Gasteiger charge is 2.12. The van der Waals surface area contributed by atoms with Crippen molar-refractivity contribution < 1.29 is 9.53 Å². The summed E-state index contributed by atoms with van der Waals surface area (Å²) < 4.78 is 6.60. The number of ether oxygens (including phenoxy) is 1. The number of nitriles is 1. The zero-order chi connectivity index (χ0) is 13.7. The quantitative estimate of drug-likeness (QED) is 0.911. The van der Waals surface area contributed by atoms with Gasteiger partial charge in [0.1, 0.15) is 12.7 Å². The predicted octanol–water partition coefficient (Wildman–Crippen LogP) is 2.04. The van der Waals surface area contributed by atoms with E-state index in [2.05, 4.69) is 10.3 Å². The van der Waals surface area contributed by atoms with Crippen LogP contribution in [0.25, 0.3) is 0 Å². The van der Waals surface area contributed by atoms with Crippen molar-refractivity contribution in [3.63, 3.8) is 0 Å². The first kappa shape index (κ1) is 12.6. The van der Waals surface area contributed by atoms with E-state index in [0.29, 0.717) is 5.82 Å². The molecule has 2 rings (SSSR count). The van der Waals surface area contributed by atoms with Gasteiger partial charge in [-0.2, -0.15) is 5.26 Å². The third-order valence-electron chi connectivity index (χ3n) is 2.48. The number of hydrogen-bond donors (Lipinski definition) is 1. The Morgan fingerprint density at radius 2 is 2.21 bits per heavy atom. The lowest BCUT2D eigenvalue weighted by Crippen LogP contribution is -2.16. The molecular formula is C13H12N4O2. The third-order valence-corrected chi connectivity index (χ3v) is 2.48. The topological polar surface area (TPSA) is 79.9 Å². The maximum atomic E-state index is 11.6. The SMILES string of the molecule is Cn1cnc(C#N)c1NC(=O)OCc1ccccc1. The Morgan fingerprint density at radius 3 is 2.89 bits per heavy atom. The highest BCUT2D eigenvalue weighted by molar-refractivity contribution is 5.84. The summed E-state index contributed by atoms with van der Waals surface area (Å²) in [5.41, 5.74) is 1.04. The van der Waals surface area contributed by atoms with Gasteiger partial charge in [0.15, 0.2) is 11.5 Å². The number of nitrogens with zero attached hydrogens (tertiary/aromatic N) is 3. The first-order valence-corrected chi connectivity index (χ1v) is 5.60. The fourth-order valence-electron chi connectivity index (χ4n) is 1.52. The molecular weight excluding hydrogens is 244 g/mol. The minimum atomic E-state index is -0.621. The molecule has 0 fully saturated rings. The second-order valence-electron chi connectivity index (χ2n) is 3.85. The molecule has 0 bridgehead atoms. The highest BCUT2D eigenvalue weighted by atomic mass is 16.5.